The van der Waals surface area contributed by atoms with Crippen molar-refractivity contribution in [3.63, 3.8) is 0 Å². The number of urea groups is 1. The van der Waals surface area contributed by atoms with E-state index in [9.17, 15) is 13.6 Å². The molecule has 1 saturated heterocycles. The quantitative estimate of drug-likeness (QED) is 0.910. The molecule has 0 radical (unpaired) electrons. The van der Waals surface area contributed by atoms with E-state index in [4.69, 9.17) is 0 Å². The first-order valence-electron chi connectivity index (χ1n) is 6.71. The Hall–Kier alpha value is -1.30. The highest BCUT2D eigenvalue weighted by atomic mass is 32.2. The molecule has 2 rings (SSSR count). The normalized spacial score (nSPS) is 19.6. The molecule has 1 aliphatic rings. The van der Waals surface area contributed by atoms with Crippen molar-refractivity contribution in [3.05, 3.63) is 35.4 Å². The van der Waals surface area contributed by atoms with Gasteiger partial charge in [-0.05, 0) is 31.5 Å². The fourth-order valence-electron chi connectivity index (χ4n) is 2.25. The van der Waals surface area contributed by atoms with Crippen LogP contribution in [0.1, 0.15) is 24.2 Å². The van der Waals surface area contributed by atoms with Crippen LogP contribution in [0.25, 0.3) is 0 Å². The number of nitrogens with one attached hydrogen (secondary N) is 1. The molecule has 3 nitrogen and oxygen atoms in total. The Balaban J connectivity index is 2.06. The molecule has 1 heterocycles. The minimum atomic E-state index is -0.424. The number of hydrogen-bond donors (Lipinski definition) is 1. The number of amides is 2. The van der Waals surface area contributed by atoms with E-state index in [2.05, 4.69) is 5.32 Å². The van der Waals surface area contributed by atoms with Crippen LogP contribution in [-0.4, -0.2) is 36.3 Å². The van der Waals surface area contributed by atoms with Gasteiger partial charge in [0.15, 0.2) is 0 Å². The fourth-order valence-corrected chi connectivity index (χ4v) is 3.49. The second kappa shape index (κ2) is 6.92. The van der Waals surface area contributed by atoms with Crippen LogP contribution in [0.4, 0.5) is 13.6 Å². The molecule has 1 aromatic rings. The lowest BCUT2D eigenvalue weighted by atomic mass is 10.1. The second-order valence-electron chi connectivity index (χ2n) is 4.64. The number of rotatable bonds is 2. The average molecular weight is 300 g/mol. The van der Waals surface area contributed by atoms with Crippen molar-refractivity contribution in [1.29, 1.82) is 0 Å². The van der Waals surface area contributed by atoms with Gasteiger partial charge in [0.2, 0.25) is 0 Å². The first-order valence-corrected chi connectivity index (χ1v) is 7.76. The summed E-state index contributed by atoms with van der Waals surface area (Å²) < 4.78 is 27.0. The van der Waals surface area contributed by atoms with Crippen LogP contribution in [0.3, 0.4) is 0 Å². The minimum Gasteiger partial charge on any atom is -0.338 e. The molecule has 1 atom stereocenters. The van der Waals surface area contributed by atoms with Crippen LogP contribution in [0.2, 0.25) is 0 Å². The van der Waals surface area contributed by atoms with Crippen molar-refractivity contribution >= 4 is 17.8 Å². The predicted molar refractivity (Wildman–Crippen MR) is 76.8 cm³/mol. The number of benzene rings is 1. The summed E-state index contributed by atoms with van der Waals surface area (Å²) in [4.78, 5) is 13.5. The molecule has 0 aromatic heterocycles. The summed E-state index contributed by atoms with van der Waals surface area (Å²) in [5, 5.41) is 2.66. The lowest BCUT2D eigenvalue weighted by molar-refractivity contribution is 0.201. The van der Waals surface area contributed by atoms with Gasteiger partial charge in [-0.1, -0.05) is 0 Å². The van der Waals surface area contributed by atoms with E-state index in [1.165, 1.54) is 6.07 Å². The molecule has 0 spiro atoms. The topological polar surface area (TPSA) is 32.3 Å². The summed E-state index contributed by atoms with van der Waals surface area (Å²) in [7, 11) is 0. The van der Waals surface area contributed by atoms with Crippen molar-refractivity contribution in [3.8, 4) is 0 Å². The van der Waals surface area contributed by atoms with Gasteiger partial charge in [0.05, 0.1) is 0 Å². The molecule has 6 heteroatoms. The SMILES string of the molecule is CCNC(=O)N1CCSC(c2cc(F)ccc2F)CC1. The van der Waals surface area contributed by atoms with Gasteiger partial charge in [-0.15, -0.1) is 0 Å². The fraction of sp³-hybridized carbons (Fsp3) is 0.500. The first-order chi connectivity index (χ1) is 9.61. The van der Waals surface area contributed by atoms with Gasteiger partial charge in [-0.3, -0.25) is 0 Å². The Morgan fingerprint density at radius 1 is 1.45 bits per heavy atom. The molecule has 20 heavy (non-hydrogen) atoms. The van der Waals surface area contributed by atoms with E-state index >= 15 is 0 Å². The van der Waals surface area contributed by atoms with Gasteiger partial charge >= 0.3 is 6.03 Å². The molecule has 0 saturated carbocycles. The Morgan fingerprint density at radius 2 is 2.25 bits per heavy atom. The molecular weight excluding hydrogens is 282 g/mol. The lowest BCUT2D eigenvalue weighted by Crippen LogP contribution is -2.41. The zero-order valence-corrected chi connectivity index (χ0v) is 12.2. The number of carbonyl (C=O) groups excluding carboxylic acids is 1. The molecule has 110 valence electrons. The van der Waals surface area contributed by atoms with Gasteiger partial charge < -0.3 is 10.2 Å². The number of hydrogen-bond acceptors (Lipinski definition) is 2. The van der Waals surface area contributed by atoms with E-state index in [1.54, 1.807) is 16.7 Å². The van der Waals surface area contributed by atoms with Crippen LogP contribution in [0, 0.1) is 11.6 Å². The van der Waals surface area contributed by atoms with E-state index < -0.39 is 5.82 Å². The molecule has 1 fully saturated rings. The van der Waals surface area contributed by atoms with Gasteiger partial charge in [-0.2, -0.15) is 11.8 Å². The van der Waals surface area contributed by atoms with Crippen molar-refractivity contribution < 1.29 is 13.6 Å². The van der Waals surface area contributed by atoms with E-state index in [1.807, 2.05) is 6.92 Å². The maximum Gasteiger partial charge on any atom is 0.317 e. The average Bonchev–Trinajstić information content (AvgIpc) is 2.67. The smallest absolute Gasteiger partial charge is 0.317 e. The third-order valence-electron chi connectivity index (χ3n) is 3.26. The molecule has 1 N–H and O–H groups in total. The van der Waals surface area contributed by atoms with E-state index in [-0.39, 0.29) is 17.1 Å². The van der Waals surface area contributed by atoms with Gasteiger partial charge in [0, 0.05) is 36.2 Å². The largest absolute Gasteiger partial charge is 0.338 e. The maximum atomic E-state index is 13.8. The Bertz CT molecular complexity index is 484. The van der Waals surface area contributed by atoms with Gasteiger partial charge in [0.1, 0.15) is 11.6 Å². The Kier molecular flexibility index (Phi) is 5.23. The third kappa shape index (κ3) is 3.62. The Morgan fingerprint density at radius 3 is 3.00 bits per heavy atom. The molecule has 0 aliphatic carbocycles. The summed E-state index contributed by atoms with van der Waals surface area (Å²) in [6, 6.07) is 3.46. The Labute approximate surface area is 121 Å². The molecular formula is C14H18F2N2OS. The monoisotopic (exact) mass is 300 g/mol. The van der Waals surface area contributed by atoms with Crippen molar-refractivity contribution in [2.45, 2.75) is 18.6 Å². The number of carbonyl (C=O) groups is 1. The highest BCUT2D eigenvalue weighted by Crippen LogP contribution is 2.36. The summed E-state index contributed by atoms with van der Waals surface area (Å²) in [6.45, 7) is 3.64. The van der Waals surface area contributed by atoms with Crippen LogP contribution >= 0.6 is 11.8 Å². The number of halogens is 2. The highest BCUT2D eigenvalue weighted by molar-refractivity contribution is 7.99. The summed E-state index contributed by atoms with van der Waals surface area (Å²) in [6.07, 6.45) is 0.627. The van der Waals surface area contributed by atoms with E-state index in [0.717, 1.165) is 17.9 Å². The second-order valence-corrected chi connectivity index (χ2v) is 5.95. The van der Waals surface area contributed by atoms with Gasteiger partial charge in [0.25, 0.3) is 0 Å². The molecule has 1 aliphatic heterocycles. The zero-order valence-electron chi connectivity index (χ0n) is 11.4. The van der Waals surface area contributed by atoms with Crippen molar-refractivity contribution in [1.82, 2.24) is 10.2 Å². The summed E-state index contributed by atoms with van der Waals surface area (Å²) >= 11 is 1.57. The zero-order chi connectivity index (χ0) is 14.5. The van der Waals surface area contributed by atoms with Crippen LogP contribution < -0.4 is 5.32 Å². The first kappa shape index (κ1) is 15.1. The van der Waals surface area contributed by atoms with Crippen LogP contribution in [-0.2, 0) is 0 Å². The summed E-state index contributed by atoms with van der Waals surface area (Å²) in [5.74, 6) is -0.0835. The van der Waals surface area contributed by atoms with Crippen molar-refractivity contribution in [2.75, 3.05) is 25.4 Å². The molecule has 1 unspecified atom stereocenters. The molecule has 2 amide bonds. The van der Waals surface area contributed by atoms with Crippen molar-refractivity contribution in [2.24, 2.45) is 0 Å². The predicted octanol–water partition coefficient (Wildman–Crippen LogP) is 3.17. The summed E-state index contributed by atoms with van der Waals surface area (Å²) in [5.41, 5.74) is 0.396. The van der Waals surface area contributed by atoms with E-state index in [0.29, 0.717) is 31.6 Å². The number of thioether (sulfide) groups is 1. The lowest BCUT2D eigenvalue weighted by Gasteiger charge is -2.20. The molecule has 1 aromatic carbocycles. The number of nitrogens with zero attached hydrogens (tertiary/aromatic N) is 1. The molecule has 0 bridgehead atoms. The van der Waals surface area contributed by atoms with Crippen LogP contribution in [0.15, 0.2) is 18.2 Å². The van der Waals surface area contributed by atoms with Crippen LogP contribution in [0.5, 0.6) is 0 Å². The van der Waals surface area contributed by atoms with Gasteiger partial charge in [-0.25, -0.2) is 13.6 Å². The highest BCUT2D eigenvalue weighted by Gasteiger charge is 2.23. The standard InChI is InChI=1S/C14H18F2N2OS/c1-2-17-14(19)18-6-5-13(20-8-7-18)11-9-10(15)3-4-12(11)16/h3-4,9,13H,2,5-8H2,1H3,(H,17,19). The minimum absolute atomic E-state index is 0.0894. The third-order valence-corrected chi connectivity index (χ3v) is 4.57. The maximum absolute atomic E-state index is 13.8.